The second-order valence-electron chi connectivity index (χ2n) is 6.04. The van der Waals surface area contributed by atoms with E-state index in [0.717, 1.165) is 25.7 Å². The Morgan fingerprint density at radius 3 is 1.47 bits per heavy atom. The van der Waals surface area contributed by atoms with Gasteiger partial charge in [0.2, 0.25) is 7.37 Å². The van der Waals surface area contributed by atoms with Gasteiger partial charge < -0.3 is 4.89 Å². The third-order valence-corrected chi connectivity index (χ3v) is 6.35. The molecule has 0 saturated carbocycles. The monoisotopic (exact) mass is 290 g/mol. The fourth-order valence-electron chi connectivity index (χ4n) is 2.72. The van der Waals surface area contributed by atoms with Gasteiger partial charge in [-0.1, -0.05) is 66.2 Å². The highest BCUT2D eigenvalue weighted by Crippen LogP contribution is 2.47. The molecule has 0 saturated heterocycles. The Bertz CT molecular complexity index is 231. The van der Waals surface area contributed by atoms with Crippen LogP contribution in [0.3, 0.4) is 0 Å². The van der Waals surface area contributed by atoms with Gasteiger partial charge in [0.1, 0.15) is 0 Å². The van der Waals surface area contributed by atoms with Gasteiger partial charge in [0, 0.05) is 12.3 Å². The lowest BCUT2D eigenvalue weighted by molar-refractivity contribution is 0.414. The molecule has 0 aliphatic carbocycles. The SMILES string of the molecule is CCCC[C@H](CC)CP(=O)(O)C[C@@H](CC)CCCC. The second-order valence-corrected chi connectivity index (χ2v) is 8.47. The summed E-state index contributed by atoms with van der Waals surface area (Å²) < 4.78 is 12.4. The average Bonchev–Trinajstić information content (AvgIpc) is 2.39. The molecule has 19 heavy (non-hydrogen) atoms. The molecule has 0 spiro atoms. The lowest BCUT2D eigenvalue weighted by Crippen LogP contribution is -2.13. The van der Waals surface area contributed by atoms with Crippen LogP contribution in [0.1, 0.15) is 79.1 Å². The first-order chi connectivity index (χ1) is 8.99. The molecular weight excluding hydrogens is 255 g/mol. The predicted octanol–water partition coefficient (Wildman–Crippen LogP) is 5.69. The van der Waals surface area contributed by atoms with E-state index in [1.54, 1.807) is 0 Å². The van der Waals surface area contributed by atoms with E-state index in [1.807, 2.05) is 0 Å². The van der Waals surface area contributed by atoms with Crippen molar-refractivity contribution >= 4 is 7.37 Å². The molecule has 0 aliphatic heterocycles. The molecule has 0 amide bonds. The van der Waals surface area contributed by atoms with E-state index in [9.17, 15) is 9.46 Å². The molecule has 0 aromatic heterocycles. The van der Waals surface area contributed by atoms with Gasteiger partial charge >= 0.3 is 0 Å². The third kappa shape index (κ3) is 9.68. The Hall–Kier alpha value is 0.190. The molecule has 1 N–H and O–H groups in total. The van der Waals surface area contributed by atoms with Gasteiger partial charge in [0.15, 0.2) is 0 Å². The first-order valence-corrected chi connectivity index (χ1v) is 10.3. The van der Waals surface area contributed by atoms with Gasteiger partial charge in [-0.05, 0) is 24.7 Å². The maximum atomic E-state index is 12.4. The highest BCUT2D eigenvalue weighted by molar-refractivity contribution is 7.58. The van der Waals surface area contributed by atoms with Gasteiger partial charge in [0.05, 0.1) is 0 Å². The van der Waals surface area contributed by atoms with Crippen LogP contribution in [-0.4, -0.2) is 17.2 Å². The highest BCUT2D eigenvalue weighted by atomic mass is 31.2. The number of rotatable bonds is 12. The summed E-state index contributed by atoms with van der Waals surface area (Å²) in [4.78, 5) is 10.3. The minimum atomic E-state index is -2.92. The van der Waals surface area contributed by atoms with Crippen LogP contribution in [0.5, 0.6) is 0 Å². The summed E-state index contributed by atoms with van der Waals surface area (Å²) in [5, 5.41) is 0. The topological polar surface area (TPSA) is 37.3 Å². The molecule has 0 aliphatic rings. The van der Waals surface area contributed by atoms with Crippen molar-refractivity contribution in [3.63, 3.8) is 0 Å². The molecule has 0 heterocycles. The van der Waals surface area contributed by atoms with Crippen LogP contribution in [0.4, 0.5) is 0 Å². The van der Waals surface area contributed by atoms with E-state index in [-0.39, 0.29) is 0 Å². The first kappa shape index (κ1) is 19.2. The molecule has 3 heteroatoms. The van der Waals surface area contributed by atoms with Gasteiger partial charge in [-0.15, -0.1) is 0 Å². The fraction of sp³-hybridized carbons (Fsp3) is 1.00. The van der Waals surface area contributed by atoms with Crippen LogP contribution < -0.4 is 0 Å². The van der Waals surface area contributed by atoms with Crippen molar-refractivity contribution in [2.45, 2.75) is 79.1 Å². The zero-order valence-electron chi connectivity index (χ0n) is 13.5. The van der Waals surface area contributed by atoms with Gasteiger partial charge in [0.25, 0.3) is 0 Å². The van der Waals surface area contributed by atoms with Crippen molar-refractivity contribution in [1.82, 2.24) is 0 Å². The van der Waals surface area contributed by atoms with Crippen molar-refractivity contribution in [2.24, 2.45) is 11.8 Å². The maximum Gasteiger partial charge on any atom is 0.201 e. The maximum absolute atomic E-state index is 12.4. The van der Waals surface area contributed by atoms with Crippen LogP contribution in [0.15, 0.2) is 0 Å². The fourth-order valence-corrected chi connectivity index (χ4v) is 5.36. The van der Waals surface area contributed by atoms with Gasteiger partial charge in [-0.2, -0.15) is 0 Å². The van der Waals surface area contributed by atoms with E-state index < -0.39 is 7.37 Å². The smallest absolute Gasteiger partial charge is 0.201 e. The lowest BCUT2D eigenvalue weighted by Gasteiger charge is -2.23. The van der Waals surface area contributed by atoms with Crippen LogP contribution in [0.2, 0.25) is 0 Å². The van der Waals surface area contributed by atoms with E-state index >= 15 is 0 Å². The summed E-state index contributed by atoms with van der Waals surface area (Å²) in [5.41, 5.74) is 0. The Morgan fingerprint density at radius 2 is 1.21 bits per heavy atom. The number of unbranched alkanes of at least 4 members (excludes halogenated alkanes) is 2. The molecule has 0 radical (unpaired) electrons. The summed E-state index contributed by atoms with van der Waals surface area (Å²) in [6, 6.07) is 0. The molecular formula is C16H35O2P. The molecule has 0 bridgehead atoms. The number of hydrogen-bond acceptors (Lipinski definition) is 1. The minimum Gasteiger partial charge on any atom is -0.344 e. The molecule has 2 atom stereocenters. The minimum absolute atomic E-state index is 0.444. The van der Waals surface area contributed by atoms with Crippen molar-refractivity contribution in [1.29, 1.82) is 0 Å². The van der Waals surface area contributed by atoms with Crippen LogP contribution in [-0.2, 0) is 4.57 Å². The van der Waals surface area contributed by atoms with Gasteiger partial charge in [-0.25, -0.2) is 0 Å². The quantitative estimate of drug-likeness (QED) is 0.469. The van der Waals surface area contributed by atoms with Crippen molar-refractivity contribution < 1.29 is 9.46 Å². The first-order valence-electron chi connectivity index (χ1n) is 8.29. The Morgan fingerprint density at radius 1 is 0.842 bits per heavy atom. The summed E-state index contributed by atoms with van der Waals surface area (Å²) in [6.45, 7) is 8.66. The Balaban J connectivity index is 4.29. The largest absolute Gasteiger partial charge is 0.344 e. The summed E-state index contributed by atoms with van der Waals surface area (Å²) in [7, 11) is -2.92. The van der Waals surface area contributed by atoms with Crippen LogP contribution in [0, 0.1) is 11.8 Å². The zero-order valence-corrected chi connectivity index (χ0v) is 14.4. The van der Waals surface area contributed by atoms with Crippen molar-refractivity contribution in [3.05, 3.63) is 0 Å². The average molecular weight is 290 g/mol. The van der Waals surface area contributed by atoms with Crippen molar-refractivity contribution in [3.8, 4) is 0 Å². The van der Waals surface area contributed by atoms with Crippen LogP contribution in [0.25, 0.3) is 0 Å². The predicted molar refractivity (Wildman–Crippen MR) is 86.2 cm³/mol. The summed E-state index contributed by atoms with van der Waals surface area (Å²) >= 11 is 0. The van der Waals surface area contributed by atoms with E-state index in [4.69, 9.17) is 0 Å². The molecule has 0 unspecified atom stereocenters. The van der Waals surface area contributed by atoms with Crippen molar-refractivity contribution in [2.75, 3.05) is 12.3 Å². The third-order valence-electron chi connectivity index (χ3n) is 4.17. The molecule has 0 fully saturated rings. The Kier molecular flexibility index (Phi) is 11.0. The van der Waals surface area contributed by atoms with E-state index in [1.165, 1.54) is 25.7 Å². The normalized spacial score (nSPS) is 15.4. The Labute approximate surface area is 120 Å². The summed E-state index contributed by atoms with van der Waals surface area (Å²) in [6.07, 6.45) is 10.1. The lowest BCUT2D eigenvalue weighted by atomic mass is 10.0. The summed E-state index contributed by atoms with van der Waals surface area (Å²) in [5.74, 6) is 0.888. The molecule has 116 valence electrons. The second kappa shape index (κ2) is 10.9. The zero-order chi connectivity index (χ0) is 14.7. The van der Waals surface area contributed by atoms with E-state index in [0.29, 0.717) is 24.2 Å². The molecule has 2 nitrogen and oxygen atoms in total. The van der Waals surface area contributed by atoms with E-state index in [2.05, 4.69) is 27.7 Å². The van der Waals surface area contributed by atoms with Crippen LogP contribution >= 0.6 is 7.37 Å². The highest BCUT2D eigenvalue weighted by Gasteiger charge is 2.26. The standard InChI is InChI=1S/C16H35O2P/c1-5-9-11-15(7-3)13-19(17,18)14-16(8-4)12-10-6-2/h15-16H,5-14H2,1-4H3,(H,17,18)/t15-,16-/m0/s1. The van der Waals surface area contributed by atoms with Gasteiger partial charge in [-0.3, -0.25) is 4.57 Å². The molecule has 0 rings (SSSR count). The number of hydrogen-bond donors (Lipinski definition) is 1. The molecule has 0 aromatic rings. The molecule has 0 aromatic carbocycles.